The summed E-state index contributed by atoms with van der Waals surface area (Å²) in [5.74, 6) is 1.18. The van der Waals surface area contributed by atoms with Crippen LogP contribution in [0.3, 0.4) is 0 Å². The van der Waals surface area contributed by atoms with Gasteiger partial charge in [0.25, 0.3) is 0 Å². The van der Waals surface area contributed by atoms with E-state index in [4.69, 9.17) is 9.72 Å². The molecule has 3 heterocycles. The van der Waals surface area contributed by atoms with Gasteiger partial charge in [-0.1, -0.05) is 13.3 Å². The molecule has 0 spiro atoms. The van der Waals surface area contributed by atoms with Gasteiger partial charge < -0.3 is 9.64 Å². The molecule has 2 aromatic heterocycles. The Morgan fingerprint density at radius 3 is 2.78 bits per heavy atom. The molecular weight excluding hydrogens is 290 g/mol. The molecule has 0 unspecified atom stereocenters. The number of hydrogen-bond donors (Lipinski definition) is 0. The van der Waals surface area contributed by atoms with Crippen molar-refractivity contribution >= 4 is 11.5 Å². The minimum atomic E-state index is 0.846. The van der Waals surface area contributed by atoms with E-state index in [1.807, 2.05) is 16.8 Å². The third kappa shape index (κ3) is 3.82. The van der Waals surface area contributed by atoms with Crippen molar-refractivity contribution in [2.75, 3.05) is 51.3 Å². The second-order valence-corrected chi connectivity index (χ2v) is 6.13. The smallest absolute Gasteiger partial charge is 0.157 e. The fourth-order valence-electron chi connectivity index (χ4n) is 3.19. The van der Waals surface area contributed by atoms with Gasteiger partial charge >= 0.3 is 0 Å². The fourth-order valence-corrected chi connectivity index (χ4v) is 3.19. The third-order valence-electron chi connectivity index (χ3n) is 4.42. The number of methoxy groups -OCH3 is 1. The van der Waals surface area contributed by atoms with Crippen LogP contribution in [0.5, 0.6) is 0 Å². The Labute approximate surface area is 138 Å². The van der Waals surface area contributed by atoms with Crippen LogP contribution in [-0.2, 0) is 11.2 Å². The maximum atomic E-state index is 5.14. The topological polar surface area (TPSA) is 45.9 Å². The van der Waals surface area contributed by atoms with Crippen molar-refractivity contribution < 1.29 is 4.74 Å². The lowest BCUT2D eigenvalue weighted by Gasteiger charge is -2.36. The molecule has 0 atom stereocenters. The SMILES string of the molecule is CCCc1cc(N2CCN(CCCOC)CC2)n2nccc2n1. The molecule has 0 N–H and O–H groups in total. The van der Waals surface area contributed by atoms with Gasteiger partial charge in [-0.05, 0) is 12.8 Å². The summed E-state index contributed by atoms with van der Waals surface area (Å²) in [7, 11) is 1.77. The number of ether oxygens (including phenoxy) is 1. The molecule has 23 heavy (non-hydrogen) atoms. The van der Waals surface area contributed by atoms with Gasteiger partial charge in [0.2, 0.25) is 0 Å². The summed E-state index contributed by atoms with van der Waals surface area (Å²) in [5.41, 5.74) is 2.12. The maximum absolute atomic E-state index is 5.14. The van der Waals surface area contributed by atoms with E-state index in [9.17, 15) is 0 Å². The summed E-state index contributed by atoms with van der Waals surface area (Å²) in [6.45, 7) is 8.43. The zero-order valence-corrected chi connectivity index (χ0v) is 14.2. The number of fused-ring (bicyclic) bond motifs is 1. The molecule has 1 aliphatic heterocycles. The van der Waals surface area contributed by atoms with E-state index in [2.05, 4.69) is 27.9 Å². The average Bonchev–Trinajstić information content (AvgIpc) is 3.04. The van der Waals surface area contributed by atoms with Crippen LogP contribution in [0.1, 0.15) is 25.5 Å². The van der Waals surface area contributed by atoms with Crippen molar-refractivity contribution in [3.05, 3.63) is 24.0 Å². The van der Waals surface area contributed by atoms with Crippen LogP contribution in [0.15, 0.2) is 18.3 Å². The summed E-state index contributed by atoms with van der Waals surface area (Å²) >= 11 is 0. The highest BCUT2D eigenvalue weighted by Gasteiger charge is 2.20. The molecule has 3 rings (SSSR count). The summed E-state index contributed by atoms with van der Waals surface area (Å²) in [5, 5.41) is 4.46. The van der Waals surface area contributed by atoms with Gasteiger partial charge in [-0.15, -0.1) is 0 Å². The highest BCUT2D eigenvalue weighted by molar-refractivity contribution is 5.51. The van der Waals surface area contributed by atoms with E-state index in [0.717, 1.165) is 69.9 Å². The fraction of sp³-hybridized carbons (Fsp3) is 0.647. The predicted molar refractivity (Wildman–Crippen MR) is 92.1 cm³/mol. The standard InChI is InChI=1S/C17H27N5O/c1-3-5-15-14-17(22-16(19-15)6-7-18-22)21-11-9-20(10-12-21)8-4-13-23-2/h6-7,14H,3-5,8-13H2,1-2H3. The van der Waals surface area contributed by atoms with Gasteiger partial charge in [-0.25, -0.2) is 4.98 Å². The largest absolute Gasteiger partial charge is 0.385 e. The number of anilines is 1. The summed E-state index contributed by atoms with van der Waals surface area (Å²) in [6.07, 6.45) is 5.08. The first-order chi connectivity index (χ1) is 11.3. The van der Waals surface area contributed by atoms with Crippen LogP contribution in [0.25, 0.3) is 5.65 Å². The van der Waals surface area contributed by atoms with E-state index in [1.165, 1.54) is 5.82 Å². The second kappa shape index (κ2) is 7.75. The monoisotopic (exact) mass is 317 g/mol. The number of hydrogen-bond acceptors (Lipinski definition) is 5. The zero-order chi connectivity index (χ0) is 16.1. The second-order valence-electron chi connectivity index (χ2n) is 6.13. The van der Waals surface area contributed by atoms with Crippen molar-refractivity contribution in [1.29, 1.82) is 0 Å². The predicted octanol–water partition coefficient (Wildman–Crippen LogP) is 1.84. The molecule has 6 nitrogen and oxygen atoms in total. The Morgan fingerprint density at radius 2 is 2.04 bits per heavy atom. The molecule has 6 heteroatoms. The quantitative estimate of drug-likeness (QED) is 0.729. The van der Waals surface area contributed by atoms with Gasteiger partial charge in [-0.3, -0.25) is 4.90 Å². The molecule has 0 radical (unpaired) electrons. The first-order valence-electron chi connectivity index (χ1n) is 8.61. The van der Waals surface area contributed by atoms with E-state index >= 15 is 0 Å². The molecule has 1 fully saturated rings. The Kier molecular flexibility index (Phi) is 5.46. The van der Waals surface area contributed by atoms with E-state index in [1.54, 1.807) is 7.11 Å². The van der Waals surface area contributed by atoms with E-state index < -0.39 is 0 Å². The lowest BCUT2D eigenvalue weighted by Crippen LogP contribution is -2.47. The highest BCUT2D eigenvalue weighted by atomic mass is 16.5. The van der Waals surface area contributed by atoms with Gasteiger partial charge in [-0.2, -0.15) is 9.61 Å². The van der Waals surface area contributed by atoms with Crippen molar-refractivity contribution in [2.45, 2.75) is 26.2 Å². The van der Waals surface area contributed by atoms with Crippen LogP contribution in [-0.4, -0.2) is 65.9 Å². The molecule has 0 aliphatic carbocycles. The third-order valence-corrected chi connectivity index (χ3v) is 4.42. The van der Waals surface area contributed by atoms with Crippen LogP contribution in [0, 0.1) is 0 Å². The maximum Gasteiger partial charge on any atom is 0.157 e. The van der Waals surface area contributed by atoms with Crippen molar-refractivity contribution in [3.8, 4) is 0 Å². The van der Waals surface area contributed by atoms with E-state index in [0.29, 0.717) is 0 Å². The molecular formula is C17H27N5O. The Morgan fingerprint density at radius 1 is 1.22 bits per heavy atom. The number of aryl methyl sites for hydroxylation is 1. The first kappa shape index (κ1) is 16.2. The van der Waals surface area contributed by atoms with Crippen molar-refractivity contribution in [2.24, 2.45) is 0 Å². The summed E-state index contributed by atoms with van der Waals surface area (Å²) in [4.78, 5) is 9.65. The number of nitrogens with zero attached hydrogens (tertiary/aromatic N) is 5. The highest BCUT2D eigenvalue weighted by Crippen LogP contribution is 2.19. The lowest BCUT2D eigenvalue weighted by atomic mass is 10.2. The molecule has 2 aromatic rings. The number of aromatic nitrogens is 3. The lowest BCUT2D eigenvalue weighted by molar-refractivity contribution is 0.169. The Balaban J connectivity index is 1.70. The Hall–Kier alpha value is -1.66. The van der Waals surface area contributed by atoms with Crippen molar-refractivity contribution in [1.82, 2.24) is 19.5 Å². The van der Waals surface area contributed by atoms with Crippen LogP contribution in [0.2, 0.25) is 0 Å². The van der Waals surface area contributed by atoms with Crippen LogP contribution in [0.4, 0.5) is 5.82 Å². The summed E-state index contributed by atoms with van der Waals surface area (Å²) < 4.78 is 7.12. The molecule has 1 saturated heterocycles. The molecule has 0 amide bonds. The van der Waals surface area contributed by atoms with E-state index in [-0.39, 0.29) is 0 Å². The van der Waals surface area contributed by atoms with Crippen LogP contribution < -0.4 is 4.90 Å². The molecule has 0 aromatic carbocycles. The molecule has 0 saturated carbocycles. The van der Waals surface area contributed by atoms with Gasteiger partial charge in [0.05, 0.1) is 6.20 Å². The number of rotatable bonds is 7. The number of piperazine rings is 1. The average molecular weight is 317 g/mol. The Bertz CT molecular complexity index is 618. The molecule has 126 valence electrons. The van der Waals surface area contributed by atoms with Crippen molar-refractivity contribution in [3.63, 3.8) is 0 Å². The minimum absolute atomic E-state index is 0.846. The summed E-state index contributed by atoms with van der Waals surface area (Å²) in [6, 6.07) is 4.20. The van der Waals surface area contributed by atoms with Gasteiger partial charge in [0.15, 0.2) is 5.65 Å². The first-order valence-corrected chi connectivity index (χ1v) is 8.61. The van der Waals surface area contributed by atoms with Crippen LogP contribution >= 0.6 is 0 Å². The molecule has 1 aliphatic rings. The minimum Gasteiger partial charge on any atom is -0.385 e. The zero-order valence-electron chi connectivity index (χ0n) is 14.2. The van der Waals surface area contributed by atoms with Gasteiger partial charge in [0, 0.05) is 64.3 Å². The van der Waals surface area contributed by atoms with Gasteiger partial charge in [0.1, 0.15) is 5.82 Å². The normalized spacial score (nSPS) is 16.3. The molecule has 0 bridgehead atoms.